The summed E-state index contributed by atoms with van der Waals surface area (Å²) in [6, 6.07) is 14.1. The number of nitrogens with one attached hydrogen (secondary N) is 1. The van der Waals surface area contributed by atoms with Gasteiger partial charge in [0.15, 0.2) is 0 Å². The topological polar surface area (TPSA) is 81.3 Å². The van der Waals surface area contributed by atoms with E-state index in [1.54, 1.807) is 36.4 Å². The van der Waals surface area contributed by atoms with E-state index in [0.717, 1.165) is 5.56 Å². The minimum absolute atomic E-state index is 0.100. The smallest absolute Gasteiger partial charge is 0.338 e. The third-order valence-corrected chi connectivity index (χ3v) is 3.77. The van der Waals surface area contributed by atoms with Crippen LogP contribution in [0.25, 0.3) is 10.9 Å². The fourth-order valence-corrected chi connectivity index (χ4v) is 2.42. The van der Waals surface area contributed by atoms with Gasteiger partial charge in [0.1, 0.15) is 12.4 Å². The summed E-state index contributed by atoms with van der Waals surface area (Å²) in [5.74, 6) is -0.166. The predicted molar refractivity (Wildman–Crippen MR) is 97.9 cm³/mol. The molecule has 0 aliphatic rings. The van der Waals surface area contributed by atoms with E-state index in [1.165, 1.54) is 0 Å². The number of nitrogens with zero attached hydrogens (tertiary/aromatic N) is 1. The maximum Gasteiger partial charge on any atom is 0.338 e. The summed E-state index contributed by atoms with van der Waals surface area (Å²) in [5.41, 5.74) is 1.73. The number of esters is 1. The molecule has 0 atom stereocenters. The molecule has 0 saturated carbocycles. The Balaban J connectivity index is 1.64. The molecule has 0 aliphatic carbocycles. The van der Waals surface area contributed by atoms with E-state index < -0.39 is 5.97 Å². The molecule has 134 valence electrons. The molecule has 0 amide bonds. The Morgan fingerprint density at radius 3 is 2.54 bits per heavy atom. The number of H-pyrrole nitrogens is 1. The van der Waals surface area contributed by atoms with Crippen LogP contribution in [-0.2, 0) is 22.7 Å². The molecule has 6 nitrogen and oxygen atoms in total. The molecule has 2 aromatic carbocycles. The minimum atomic E-state index is -0.475. The molecule has 0 aliphatic heterocycles. The summed E-state index contributed by atoms with van der Waals surface area (Å²) in [6.07, 6.45) is 0.149. The normalized spacial score (nSPS) is 11.0. The fourth-order valence-electron chi connectivity index (χ4n) is 2.42. The van der Waals surface area contributed by atoms with Crippen LogP contribution in [0.3, 0.4) is 0 Å². The first-order valence-electron chi connectivity index (χ1n) is 8.38. The lowest BCUT2D eigenvalue weighted by molar-refractivity contribution is 0.0461. The maximum absolute atomic E-state index is 12.2. The second-order valence-electron chi connectivity index (χ2n) is 6.16. The van der Waals surface area contributed by atoms with E-state index in [0.29, 0.717) is 28.9 Å². The standard InChI is InChI=1S/C20H20N2O4/c1-13(2)25-11-14-7-9-15(10-8-14)20(24)26-12-18-21-17-6-4-3-5-16(17)19(23)22-18/h3-10,13H,11-12H2,1-2H3,(H,21,22,23). The number of carbonyl (C=O) groups excluding carboxylic acids is 1. The highest BCUT2D eigenvalue weighted by molar-refractivity contribution is 5.89. The molecule has 0 unspecified atom stereocenters. The molecular formula is C20H20N2O4. The van der Waals surface area contributed by atoms with Gasteiger partial charge in [-0.05, 0) is 43.7 Å². The molecule has 0 bridgehead atoms. The first-order chi connectivity index (χ1) is 12.5. The van der Waals surface area contributed by atoms with Crippen LogP contribution in [0.15, 0.2) is 53.3 Å². The van der Waals surface area contributed by atoms with Crippen LogP contribution in [0.5, 0.6) is 0 Å². The summed E-state index contributed by atoms with van der Waals surface area (Å²) in [6.45, 7) is 4.33. The van der Waals surface area contributed by atoms with Crippen molar-refractivity contribution in [1.29, 1.82) is 0 Å². The van der Waals surface area contributed by atoms with Crippen LogP contribution in [0, 0.1) is 0 Å². The van der Waals surface area contributed by atoms with Gasteiger partial charge in [0.05, 0.1) is 29.2 Å². The SMILES string of the molecule is CC(C)OCc1ccc(C(=O)OCc2nc3ccccc3c(=O)[nH]2)cc1. The Bertz CT molecular complexity index is 961. The molecule has 0 fully saturated rings. The van der Waals surface area contributed by atoms with E-state index in [4.69, 9.17) is 9.47 Å². The molecule has 6 heteroatoms. The number of para-hydroxylation sites is 1. The summed E-state index contributed by atoms with van der Waals surface area (Å²) in [4.78, 5) is 31.1. The van der Waals surface area contributed by atoms with Crippen LogP contribution in [0.1, 0.15) is 35.6 Å². The highest BCUT2D eigenvalue weighted by Gasteiger charge is 2.10. The third kappa shape index (κ3) is 4.34. The monoisotopic (exact) mass is 352 g/mol. The van der Waals surface area contributed by atoms with Crippen LogP contribution in [0.4, 0.5) is 0 Å². The van der Waals surface area contributed by atoms with Gasteiger partial charge in [0.2, 0.25) is 0 Å². The molecule has 0 radical (unpaired) electrons. The van der Waals surface area contributed by atoms with Gasteiger partial charge in [0.25, 0.3) is 5.56 Å². The number of fused-ring (bicyclic) bond motifs is 1. The average Bonchev–Trinajstić information content (AvgIpc) is 2.65. The lowest BCUT2D eigenvalue weighted by Gasteiger charge is -2.08. The number of ether oxygens (including phenoxy) is 2. The van der Waals surface area contributed by atoms with Crippen LogP contribution in [0.2, 0.25) is 0 Å². The van der Waals surface area contributed by atoms with Crippen molar-refractivity contribution in [3.8, 4) is 0 Å². The van der Waals surface area contributed by atoms with Gasteiger partial charge in [-0.25, -0.2) is 9.78 Å². The molecular weight excluding hydrogens is 332 g/mol. The Morgan fingerprint density at radius 1 is 1.08 bits per heavy atom. The zero-order valence-corrected chi connectivity index (χ0v) is 14.7. The number of benzene rings is 2. The Morgan fingerprint density at radius 2 is 1.81 bits per heavy atom. The average molecular weight is 352 g/mol. The van der Waals surface area contributed by atoms with Crippen molar-refractivity contribution in [2.45, 2.75) is 33.2 Å². The fraction of sp³-hybridized carbons (Fsp3) is 0.250. The molecule has 3 rings (SSSR count). The van der Waals surface area contributed by atoms with Crippen LogP contribution in [-0.4, -0.2) is 22.0 Å². The van der Waals surface area contributed by atoms with Crippen LogP contribution >= 0.6 is 0 Å². The Labute approximate surface area is 150 Å². The molecule has 3 aromatic rings. The van der Waals surface area contributed by atoms with Crippen molar-refractivity contribution < 1.29 is 14.3 Å². The highest BCUT2D eigenvalue weighted by atomic mass is 16.5. The van der Waals surface area contributed by atoms with Gasteiger partial charge >= 0.3 is 5.97 Å². The molecule has 1 aromatic heterocycles. The first-order valence-corrected chi connectivity index (χ1v) is 8.38. The maximum atomic E-state index is 12.2. The molecule has 1 N–H and O–H groups in total. The quantitative estimate of drug-likeness (QED) is 0.689. The zero-order valence-electron chi connectivity index (χ0n) is 14.7. The van der Waals surface area contributed by atoms with Gasteiger partial charge < -0.3 is 14.5 Å². The molecule has 26 heavy (non-hydrogen) atoms. The van der Waals surface area contributed by atoms with Crippen molar-refractivity contribution in [3.05, 3.63) is 75.8 Å². The van der Waals surface area contributed by atoms with Crippen molar-refractivity contribution in [1.82, 2.24) is 9.97 Å². The zero-order chi connectivity index (χ0) is 18.5. The van der Waals surface area contributed by atoms with E-state index >= 15 is 0 Å². The van der Waals surface area contributed by atoms with Crippen LogP contribution < -0.4 is 5.56 Å². The largest absolute Gasteiger partial charge is 0.454 e. The van der Waals surface area contributed by atoms with Crippen molar-refractivity contribution in [2.24, 2.45) is 0 Å². The summed E-state index contributed by atoms with van der Waals surface area (Å²) in [5, 5.41) is 0.502. The Hall–Kier alpha value is -2.99. The van der Waals surface area contributed by atoms with Gasteiger partial charge in [-0.2, -0.15) is 0 Å². The number of rotatable bonds is 6. The lowest BCUT2D eigenvalue weighted by Crippen LogP contribution is -2.14. The van der Waals surface area contributed by atoms with Gasteiger partial charge in [-0.1, -0.05) is 24.3 Å². The van der Waals surface area contributed by atoms with E-state index in [-0.39, 0.29) is 18.3 Å². The highest BCUT2D eigenvalue weighted by Crippen LogP contribution is 2.10. The second kappa shape index (κ2) is 7.93. The van der Waals surface area contributed by atoms with E-state index in [2.05, 4.69) is 9.97 Å². The summed E-state index contributed by atoms with van der Waals surface area (Å²) >= 11 is 0. The molecule has 1 heterocycles. The number of carbonyl (C=O) groups is 1. The van der Waals surface area contributed by atoms with E-state index in [9.17, 15) is 9.59 Å². The number of hydrogen-bond acceptors (Lipinski definition) is 5. The second-order valence-corrected chi connectivity index (χ2v) is 6.16. The third-order valence-electron chi connectivity index (χ3n) is 3.77. The summed E-state index contributed by atoms with van der Waals surface area (Å²) in [7, 11) is 0. The molecule has 0 spiro atoms. The number of aromatic nitrogens is 2. The Kier molecular flexibility index (Phi) is 5.43. The van der Waals surface area contributed by atoms with Crippen molar-refractivity contribution in [3.63, 3.8) is 0 Å². The minimum Gasteiger partial charge on any atom is -0.454 e. The van der Waals surface area contributed by atoms with E-state index in [1.807, 2.05) is 26.0 Å². The lowest BCUT2D eigenvalue weighted by atomic mass is 10.1. The first kappa shape index (κ1) is 17.8. The van der Waals surface area contributed by atoms with Gasteiger partial charge in [-0.3, -0.25) is 4.79 Å². The summed E-state index contributed by atoms with van der Waals surface area (Å²) < 4.78 is 10.8. The van der Waals surface area contributed by atoms with Gasteiger partial charge in [0, 0.05) is 0 Å². The van der Waals surface area contributed by atoms with Crippen molar-refractivity contribution >= 4 is 16.9 Å². The number of aromatic amines is 1. The van der Waals surface area contributed by atoms with Gasteiger partial charge in [-0.15, -0.1) is 0 Å². The predicted octanol–water partition coefficient (Wildman–Crippen LogP) is 3.21. The van der Waals surface area contributed by atoms with Crippen molar-refractivity contribution in [2.75, 3.05) is 0 Å². The number of hydrogen-bond donors (Lipinski definition) is 1. The molecule has 0 saturated heterocycles.